The lowest BCUT2D eigenvalue weighted by Crippen LogP contribution is -2.37. The van der Waals surface area contributed by atoms with Crippen LogP contribution in [-0.4, -0.2) is 78.2 Å². The molecule has 5 aromatic rings. The van der Waals surface area contributed by atoms with Crippen LogP contribution in [0.25, 0.3) is 22.1 Å². The van der Waals surface area contributed by atoms with Crippen molar-refractivity contribution in [2.75, 3.05) is 19.7 Å². The van der Waals surface area contributed by atoms with Gasteiger partial charge in [0.1, 0.15) is 24.5 Å². The topological polar surface area (TPSA) is 109 Å². The van der Waals surface area contributed by atoms with E-state index < -0.39 is 18.7 Å². The summed E-state index contributed by atoms with van der Waals surface area (Å²) in [6.07, 6.45) is -0.326. The van der Waals surface area contributed by atoms with Crippen LogP contribution >= 0.6 is 0 Å². The third-order valence-electron chi connectivity index (χ3n) is 9.39. The van der Waals surface area contributed by atoms with Crippen LogP contribution in [0.2, 0.25) is 0 Å². The second kappa shape index (κ2) is 14.0. The van der Waals surface area contributed by atoms with E-state index in [0.717, 1.165) is 66.2 Å². The number of hydrogen-bond donors (Lipinski definition) is 0. The maximum absolute atomic E-state index is 13.0. The number of likely N-dealkylation sites (tertiary alicyclic amines) is 1. The Hall–Kier alpha value is -4.56. The molecule has 0 saturated carbocycles. The molecule has 0 spiro atoms. The zero-order valence-electron chi connectivity index (χ0n) is 28.3. The van der Waals surface area contributed by atoms with Crippen molar-refractivity contribution in [2.24, 2.45) is 0 Å². The van der Waals surface area contributed by atoms with Gasteiger partial charge >= 0.3 is 12.1 Å². The number of hydrogen-bond acceptors (Lipinski definition) is 9. The van der Waals surface area contributed by atoms with Gasteiger partial charge in [0.05, 0.1) is 36.5 Å². The van der Waals surface area contributed by atoms with Crippen LogP contribution < -0.4 is 4.74 Å². The number of pyridine rings is 2. The maximum atomic E-state index is 13.0. The molecule has 2 aliphatic heterocycles. The standard InChI is InChI=1S/C36H40F3N7O4/c1-22(2)50-35(47)30-10-9-29-34(43-30)45(19-27-13-16-48-27)33(42-29)23(3)44-14-11-25(12-15-44)28-5-4-6-32(41-28)49-20-24-7-8-26-18-40-46(31(26)17-24)21-36(37,38)39/h4-10,17-18,22-23,25,27H,11-16,19-21H2,1-3H3/t23-,27-/m0/s1. The first-order chi connectivity index (χ1) is 24.0. The molecule has 2 fully saturated rings. The van der Waals surface area contributed by atoms with Crippen LogP contribution in [-0.2, 0) is 29.2 Å². The first kappa shape index (κ1) is 33.9. The molecule has 6 heterocycles. The average molecular weight is 692 g/mol. The smallest absolute Gasteiger partial charge is 0.408 e. The summed E-state index contributed by atoms with van der Waals surface area (Å²) in [6.45, 7) is 7.84. The fraction of sp³-hybridized carbons (Fsp3) is 0.472. The number of alkyl halides is 3. The number of aromatic nitrogens is 6. The second-order valence-corrected chi connectivity index (χ2v) is 13.3. The van der Waals surface area contributed by atoms with Crippen LogP contribution in [0.5, 0.6) is 5.88 Å². The molecule has 14 heteroatoms. The van der Waals surface area contributed by atoms with Crippen molar-refractivity contribution in [3.8, 4) is 5.88 Å². The van der Waals surface area contributed by atoms with Crippen LogP contribution in [0, 0.1) is 0 Å². The molecular weight excluding hydrogens is 651 g/mol. The Morgan fingerprint density at radius 3 is 2.54 bits per heavy atom. The molecule has 2 atom stereocenters. The van der Waals surface area contributed by atoms with Crippen LogP contribution in [0.1, 0.15) is 79.6 Å². The molecule has 7 rings (SSSR count). The molecule has 264 valence electrons. The van der Waals surface area contributed by atoms with Crippen molar-refractivity contribution in [3.05, 3.63) is 77.5 Å². The summed E-state index contributed by atoms with van der Waals surface area (Å²) in [6, 6.07) is 14.5. The number of benzene rings is 1. The van der Waals surface area contributed by atoms with E-state index in [1.54, 1.807) is 24.3 Å². The lowest BCUT2D eigenvalue weighted by molar-refractivity contribution is -0.141. The number of halogens is 3. The van der Waals surface area contributed by atoms with E-state index in [1.165, 1.54) is 6.20 Å². The number of fused-ring (bicyclic) bond motifs is 2. The molecule has 2 aliphatic rings. The van der Waals surface area contributed by atoms with Gasteiger partial charge < -0.3 is 18.8 Å². The number of esters is 1. The summed E-state index contributed by atoms with van der Waals surface area (Å²) in [5.41, 5.74) is 3.74. The van der Waals surface area contributed by atoms with Crippen molar-refractivity contribution >= 4 is 28.0 Å². The first-order valence-electron chi connectivity index (χ1n) is 17.1. The van der Waals surface area contributed by atoms with Crippen LogP contribution in [0.15, 0.2) is 54.7 Å². The third-order valence-corrected chi connectivity index (χ3v) is 9.39. The second-order valence-electron chi connectivity index (χ2n) is 13.3. The Balaban J connectivity index is 1.01. The molecule has 1 aromatic carbocycles. The summed E-state index contributed by atoms with van der Waals surface area (Å²) in [5.74, 6) is 1.15. The number of nitrogens with zero attached hydrogens (tertiary/aromatic N) is 7. The van der Waals surface area contributed by atoms with Crippen molar-refractivity contribution in [1.82, 2.24) is 34.2 Å². The predicted octanol–water partition coefficient (Wildman–Crippen LogP) is 6.61. The molecule has 50 heavy (non-hydrogen) atoms. The number of imidazole rings is 1. The van der Waals surface area contributed by atoms with E-state index in [9.17, 15) is 18.0 Å². The highest BCUT2D eigenvalue weighted by atomic mass is 19.4. The van der Waals surface area contributed by atoms with E-state index >= 15 is 0 Å². The molecule has 0 unspecified atom stereocenters. The molecule has 4 aromatic heterocycles. The Bertz CT molecular complexity index is 1980. The van der Waals surface area contributed by atoms with Gasteiger partial charge in [0, 0.05) is 29.7 Å². The number of carbonyl (C=O) groups is 1. The zero-order chi connectivity index (χ0) is 35.0. The highest BCUT2D eigenvalue weighted by Gasteiger charge is 2.31. The minimum Gasteiger partial charge on any atom is -0.473 e. The van der Waals surface area contributed by atoms with Crippen molar-refractivity contribution in [1.29, 1.82) is 0 Å². The zero-order valence-corrected chi connectivity index (χ0v) is 28.3. The van der Waals surface area contributed by atoms with Gasteiger partial charge in [-0.2, -0.15) is 18.3 Å². The van der Waals surface area contributed by atoms with Gasteiger partial charge in [-0.25, -0.2) is 19.7 Å². The summed E-state index contributed by atoms with van der Waals surface area (Å²) in [7, 11) is 0. The summed E-state index contributed by atoms with van der Waals surface area (Å²) < 4.78 is 59.2. The lowest BCUT2D eigenvalue weighted by Gasteiger charge is -2.36. The minimum atomic E-state index is -4.36. The van der Waals surface area contributed by atoms with Crippen LogP contribution in [0.4, 0.5) is 13.2 Å². The molecule has 0 amide bonds. The van der Waals surface area contributed by atoms with Gasteiger partial charge in [-0.15, -0.1) is 0 Å². The minimum absolute atomic E-state index is 0.00342. The third kappa shape index (κ3) is 7.46. The predicted molar refractivity (Wildman–Crippen MR) is 179 cm³/mol. The number of carbonyl (C=O) groups excluding carboxylic acids is 1. The van der Waals surface area contributed by atoms with Crippen LogP contribution in [0.3, 0.4) is 0 Å². The van der Waals surface area contributed by atoms with Gasteiger partial charge in [0.15, 0.2) is 11.3 Å². The Labute approximate surface area is 287 Å². The summed E-state index contributed by atoms with van der Waals surface area (Å²) >= 11 is 0. The Kier molecular flexibility index (Phi) is 9.49. The fourth-order valence-electron chi connectivity index (χ4n) is 6.68. The SMILES string of the molecule is CC(C)OC(=O)c1ccc2nc([C@H](C)N3CCC(c4cccc(OCc5ccc6cnn(CC(F)(F)F)c6c5)n4)CC3)n(C[C@@H]3CCO3)c2n1. The lowest BCUT2D eigenvalue weighted by atomic mass is 9.92. The van der Waals surface area contributed by atoms with E-state index in [-0.39, 0.29) is 36.5 Å². The molecule has 0 radical (unpaired) electrons. The van der Waals surface area contributed by atoms with Gasteiger partial charge in [-0.3, -0.25) is 9.58 Å². The largest absolute Gasteiger partial charge is 0.473 e. The normalized spacial score (nSPS) is 18.1. The van der Waals surface area contributed by atoms with E-state index in [4.69, 9.17) is 29.2 Å². The highest BCUT2D eigenvalue weighted by Crippen LogP contribution is 2.34. The molecule has 0 bridgehead atoms. The molecule has 2 saturated heterocycles. The maximum Gasteiger partial charge on any atom is 0.408 e. The van der Waals surface area contributed by atoms with Gasteiger partial charge in [0.25, 0.3) is 0 Å². The highest BCUT2D eigenvalue weighted by molar-refractivity contribution is 5.90. The molecular formula is C36H40F3N7O4. The van der Waals surface area contributed by atoms with Crippen molar-refractivity contribution in [3.63, 3.8) is 0 Å². The number of rotatable bonds is 11. The van der Waals surface area contributed by atoms with E-state index in [1.807, 2.05) is 38.1 Å². The fourth-order valence-corrected chi connectivity index (χ4v) is 6.68. The molecule has 11 nitrogen and oxygen atoms in total. The average Bonchev–Trinajstić information content (AvgIpc) is 3.64. The molecule has 0 aliphatic carbocycles. The van der Waals surface area contributed by atoms with E-state index in [2.05, 4.69) is 21.5 Å². The summed E-state index contributed by atoms with van der Waals surface area (Å²) in [4.78, 5) is 29.6. The van der Waals surface area contributed by atoms with Crippen molar-refractivity contribution in [2.45, 2.75) is 90.1 Å². The Morgan fingerprint density at radius 2 is 1.82 bits per heavy atom. The van der Waals surface area contributed by atoms with Gasteiger partial charge in [0.2, 0.25) is 5.88 Å². The molecule has 0 N–H and O–H groups in total. The Morgan fingerprint density at radius 1 is 1.02 bits per heavy atom. The van der Waals surface area contributed by atoms with Gasteiger partial charge in [-0.1, -0.05) is 18.2 Å². The summed E-state index contributed by atoms with van der Waals surface area (Å²) in [5, 5.41) is 4.53. The number of ether oxygens (including phenoxy) is 3. The van der Waals surface area contributed by atoms with Crippen molar-refractivity contribution < 1.29 is 32.2 Å². The monoisotopic (exact) mass is 691 g/mol. The van der Waals surface area contributed by atoms with E-state index in [0.29, 0.717) is 29.0 Å². The number of piperidine rings is 1. The quantitative estimate of drug-likeness (QED) is 0.141. The van der Waals surface area contributed by atoms with Gasteiger partial charge in [-0.05, 0) is 83.0 Å². The first-order valence-corrected chi connectivity index (χ1v) is 17.1.